The molecule has 5 nitrogen and oxygen atoms in total. The van der Waals surface area contributed by atoms with E-state index in [1.807, 2.05) is 13.8 Å². The van der Waals surface area contributed by atoms with E-state index in [2.05, 4.69) is 14.6 Å². The van der Waals surface area contributed by atoms with Crippen LogP contribution < -0.4 is 16.1 Å². The highest BCUT2D eigenvalue weighted by atomic mass is 31.0. The summed E-state index contributed by atoms with van der Waals surface area (Å²) < 4.78 is 15.8. The number of aryl methyl sites for hydroxylation is 1. The molecule has 0 bridgehead atoms. The van der Waals surface area contributed by atoms with Crippen molar-refractivity contribution in [3.63, 3.8) is 0 Å². The molecule has 1 heterocycles. The zero-order chi connectivity index (χ0) is 19.4. The fourth-order valence-corrected chi connectivity index (χ4v) is 3.76. The summed E-state index contributed by atoms with van der Waals surface area (Å²) in [7, 11) is 4.13. The minimum absolute atomic E-state index is 0.0955. The largest absolute Gasteiger partial charge is 0.391 e. The summed E-state index contributed by atoms with van der Waals surface area (Å²) in [6.07, 6.45) is 3.96. The number of hydrogen-bond acceptors (Lipinski definition) is 3. The summed E-state index contributed by atoms with van der Waals surface area (Å²) in [6, 6.07) is 2.42. The third-order valence-electron chi connectivity index (χ3n) is 4.60. The molecule has 1 fully saturated rings. The smallest absolute Gasteiger partial charge is 0.257 e. The van der Waals surface area contributed by atoms with E-state index in [1.54, 1.807) is 17.7 Å². The number of aromatic nitrogens is 1. The Morgan fingerprint density at radius 3 is 2.62 bits per heavy atom. The molecule has 1 saturated carbocycles. The molecule has 0 aliphatic heterocycles. The van der Waals surface area contributed by atoms with E-state index in [-0.39, 0.29) is 17.0 Å². The van der Waals surface area contributed by atoms with Gasteiger partial charge in [0.1, 0.15) is 11.4 Å². The Kier molecular flexibility index (Phi) is 6.90. The van der Waals surface area contributed by atoms with Gasteiger partial charge in [-0.3, -0.25) is 9.59 Å². The van der Waals surface area contributed by atoms with Crippen LogP contribution in [0.4, 0.5) is 4.39 Å². The Labute approximate surface area is 154 Å². The lowest BCUT2D eigenvalue weighted by Gasteiger charge is -2.28. The molecule has 1 aromatic carbocycles. The topological polar surface area (TPSA) is 71.3 Å². The van der Waals surface area contributed by atoms with Crippen molar-refractivity contribution in [2.45, 2.75) is 51.7 Å². The number of halogens is 1. The van der Waals surface area contributed by atoms with E-state index in [0.29, 0.717) is 23.7 Å². The van der Waals surface area contributed by atoms with E-state index in [1.165, 1.54) is 12.3 Å². The molecule has 2 aromatic rings. The van der Waals surface area contributed by atoms with Crippen LogP contribution in [0.5, 0.6) is 0 Å². The number of benzene rings is 1. The Bertz CT molecular complexity index is 866. The average molecular weight is 380 g/mol. The van der Waals surface area contributed by atoms with Crippen molar-refractivity contribution in [3.8, 4) is 0 Å². The standard InChI is InChI=1S/C17H20FN2O3P.C2H6/c1-20-8-9(17(23)19-11-4-2-3-5-12(11)21)16(22)14-10(18)6-7-13(24)15(14)20;1-2/h6-8,11-12,21H,2-5,24H2,1H3,(H,19,23);1-2H3/t11-,12?;/m0./s1. The molecule has 1 aliphatic carbocycles. The van der Waals surface area contributed by atoms with Crippen molar-refractivity contribution in [1.82, 2.24) is 9.88 Å². The minimum Gasteiger partial charge on any atom is -0.391 e. The van der Waals surface area contributed by atoms with Crippen molar-refractivity contribution in [2.75, 3.05) is 0 Å². The number of hydrogen-bond donors (Lipinski definition) is 2. The third-order valence-corrected chi connectivity index (χ3v) is 5.06. The molecule has 3 atom stereocenters. The second kappa shape index (κ2) is 8.74. The zero-order valence-electron chi connectivity index (χ0n) is 15.4. The Hall–Kier alpha value is -1.78. The molecule has 7 heteroatoms. The summed E-state index contributed by atoms with van der Waals surface area (Å²) in [5.41, 5.74) is -0.302. The molecule has 26 heavy (non-hydrogen) atoms. The summed E-state index contributed by atoms with van der Waals surface area (Å²) in [5, 5.41) is 13.3. The van der Waals surface area contributed by atoms with Gasteiger partial charge in [0.15, 0.2) is 0 Å². The van der Waals surface area contributed by atoms with Gasteiger partial charge in [0.2, 0.25) is 5.43 Å². The number of rotatable bonds is 2. The van der Waals surface area contributed by atoms with Crippen molar-refractivity contribution in [3.05, 3.63) is 39.9 Å². The number of aliphatic hydroxyl groups excluding tert-OH is 1. The molecule has 142 valence electrons. The maximum Gasteiger partial charge on any atom is 0.257 e. The van der Waals surface area contributed by atoms with Gasteiger partial charge >= 0.3 is 0 Å². The number of pyridine rings is 1. The summed E-state index contributed by atoms with van der Waals surface area (Å²) in [5.74, 6) is -1.22. The number of aliphatic hydroxyl groups is 1. The first-order chi connectivity index (χ1) is 12.4. The van der Waals surface area contributed by atoms with E-state index in [0.717, 1.165) is 12.8 Å². The van der Waals surface area contributed by atoms with Gasteiger partial charge in [0.05, 0.1) is 23.0 Å². The quantitative estimate of drug-likeness (QED) is 0.785. The number of amides is 1. The molecular formula is C19H26FN2O3P. The molecule has 1 aromatic heterocycles. The average Bonchev–Trinajstić information content (AvgIpc) is 2.63. The van der Waals surface area contributed by atoms with Crippen LogP contribution in [0.2, 0.25) is 0 Å². The number of carbonyl (C=O) groups excluding carboxylic acids is 1. The van der Waals surface area contributed by atoms with E-state index < -0.39 is 23.3 Å². The van der Waals surface area contributed by atoms with E-state index in [9.17, 15) is 19.1 Å². The van der Waals surface area contributed by atoms with Crippen LogP contribution in [0.15, 0.2) is 23.1 Å². The number of nitrogens with zero attached hydrogens (tertiary/aromatic N) is 1. The number of fused-ring (bicyclic) bond motifs is 1. The predicted molar refractivity (Wildman–Crippen MR) is 106 cm³/mol. The lowest BCUT2D eigenvalue weighted by molar-refractivity contribution is 0.0716. The van der Waals surface area contributed by atoms with Crippen LogP contribution in [-0.2, 0) is 7.05 Å². The predicted octanol–water partition coefficient (Wildman–Crippen LogP) is 2.24. The number of carbonyl (C=O) groups is 1. The summed E-state index contributed by atoms with van der Waals surface area (Å²) >= 11 is 0. The second-order valence-corrected chi connectivity index (χ2v) is 6.90. The molecule has 3 rings (SSSR count). The molecule has 0 radical (unpaired) electrons. The van der Waals surface area contributed by atoms with Crippen LogP contribution in [0.3, 0.4) is 0 Å². The minimum atomic E-state index is -0.649. The third kappa shape index (κ3) is 3.97. The first-order valence-corrected chi connectivity index (χ1v) is 9.54. The Morgan fingerprint density at radius 1 is 1.31 bits per heavy atom. The van der Waals surface area contributed by atoms with Gasteiger partial charge in [-0.2, -0.15) is 0 Å². The molecule has 2 unspecified atom stereocenters. The molecule has 1 amide bonds. The van der Waals surface area contributed by atoms with E-state index >= 15 is 0 Å². The molecule has 0 spiro atoms. The number of nitrogens with one attached hydrogen (secondary N) is 1. The monoisotopic (exact) mass is 380 g/mol. The lowest BCUT2D eigenvalue weighted by Crippen LogP contribution is -2.46. The highest BCUT2D eigenvalue weighted by Crippen LogP contribution is 2.19. The normalized spacial score (nSPS) is 19.6. The van der Waals surface area contributed by atoms with Gasteiger partial charge in [0.25, 0.3) is 5.91 Å². The van der Waals surface area contributed by atoms with Crippen LogP contribution >= 0.6 is 9.24 Å². The van der Waals surface area contributed by atoms with Gasteiger partial charge in [-0.1, -0.05) is 32.8 Å². The SMILES string of the molecule is CC.Cn1cc(C(=O)N[C@H]2CCCCC2O)c(=O)c2c(F)ccc(P)c21. The molecule has 1 aliphatic rings. The van der Waals surface area contributed by atoms with Gasteiger partial charge in [-0.25, -0.2) is 4.39 Å². The van der Waals surface area contributed by atoms with Crippen molar-refractivity contribution in [1.29, 1.82) is 0 Å². The summed E-state index contributed by atoms with van der Waals surface area (Å²) in [6.45, 7) is 4.00. The highest BCUT2D eigenvalue weighted by Gasteiger charge is 2.26. The molecular weight excluding hydrogens is 354 g/mol. The summed E-state index contributed by atoms with van der Waals surface area (Å²) in [4.78, 5) is 25.1. The van der Waals surface area contributed by atoms with Gasteiger partial charge in [-0.05, 0) is 24.2 Å². The zero-order valence-corrected chi connectivity index (χ0v) is 16.5. The van der Waals surface area contributed by atoms with Crippen molar-refractivity contribution < 1.29 is 14.3 Å². The van der Waals surface area contributed by atoms with Crippen LogP contribution in [-0.4, -0.2) is 27.7 Å². The maximum atomic E-state index is 14.2. The maximum absolute atomic E-state index is 14.2. The van der Waals surface area contributed by atoms with Gasteiger partial charge in [-0.15, -0.1) is 9.24 Å². The molecule has 0 saturated heterocycles. The fraction of sp³-hybridized carbons (Fsp3) is 0.474. The Morgan fingerprint density at radius 2 is 1.96 bits per heavy atom. The Balaban J connectivity index is 0.00000117. The fourth-order valence-electron chi connectivity index (χ4n) is 3.32. The van der Waals surface area contributed by atoms with Crippen molar-refractivity contribution in [2.24, 2.45) is 7.05 Å². The van der Waals surface area contributed by atoms with Crippen LogP contribution in [0.1, 0.15) is 49.9 Å². The first-order valence-electron chi connectivity index (χ1n) is 8.96. The van der Waals surface area contributed by atoms with E-state index in [4.69, 9.17) is 0 Å². The lowest BCUT2D eigenvalue weighted by atomic mass is 9.92. The van der Waals surface area contributed by atoms with Crippen molar-refractivity contribution >= 4 is 31.4 Å². The van der Waals surface area contributed by atoms with Crippen LogP contribution in [0.25, 0.3) is 10.9 Å². The highest BCUT2D eigenvalue weighted by molar-refractivity contribution is 7.28. The van der Waals surface area contributed by atoms with Gasteiger partial charge in [0, 0.05) is 13.2 Å². The first kappa shape index (κ1) is 20.5. The van der Waals surface area contributed by atoms with Gasteiger partial charge < -0.3 is 15.0 Å². The van der Waals surface area contributed by atoms with Crippen LogP contribution in [0, 0.1) is 5.82 Å². The molecule has 2 N–H and O–H groups in total. The second-order valence-electron chi connectivity index (χ2n) is 6.27.